The summed E-state index contributed by atoms with van der Waals surface area (Å²) in [5.41, 5.74) is 0.200. The molecular weight excluding hydrogens is 536 g/mol. The summed E-state index contributed by atoms with van der Waals surface area (Å²) in [5.74, 6) is -0.289. The van der Waals surface area contributed by atoms with Gasteiger partial charge < -0.3 is 15.3 Å². The third-order valence-electron chi connectivity index (χ3n) is 7.96. The lowest BCUT2D eigenvalue weighted by atomic mass is 9.59. The number of aliphatic hydroxyl groups excluding tert-OH is 1. The molecule has 37 heavy (non-hydrogen) atoms. The quantitative estimate of drug-likeness (QED) is 0.476. The van der Waals surface area contributed by atoms with E-state index in [0.717, 1.165) is 49.7 Å². The predicted molar refractivity (Wildman–Crippen MR) is 142 cm³/mol. The van der Waals surface area contributed by atoms with Gasteiger partial charge in [-0.2, -0.15) is 8.42 Å². The molecule has 0 radical (unpaired) electrons. The van der Waals surface area contributed by atoms with Crippen LogP contribution in [0.15, 0.2) is 26.0 Å². The minimum atomic E-state index is -4.25. The van der Waals surface area contributed by atoms with Crippen LogP contribution in [-0.2, 0) is 31.4 Å². The Morgan fingerprint density at radius 1 is 1.22 bits per heavy atom. The zero-order chi connectivity index (χ0) is 26.9. The van der Waals surface area contributed by atoms with Crippen LogP contribution in [0.5, 0.6) is 0 Å². The van der Waals surface area contributed by atoms with Crippen molar-refractivity contribution in [3.63, 3.8) is 0 Å². The van der Waals surface area contributed by atoms with Crippen molar-refractivity contribution in [1.82, 2.24) is 9.62 Å². The van der Waals surface area contributed by atoms with Crippen LogP contribution < -0.4 is 10.0 Å². The molecule has 2 aliphatic heterocycles. The molecular formula is C24H34N4O6S3. The SMILES string of the molecule is CC(C)(C)CCN1C(=O)C(C2=NS(=O)(=O)c3c(CNS(C)(=O)=O)csc3N2)=C(O)[C@@H]2C3CCC(CC3)[C@@H]21. The van der Waals surface area contributed by atoms with Gasteiger partial charge in [0.05, 0.1) is 6.26 Å². The summed E-state index contributed by atoms with van der Waals surface area (Å²) in [6.45, 7) is 6.68. The van der Waals surface area contributed by atoms with Crippen LogP contribution in [0, 0.1) is 23.2 Å². The number of fused-ring (bicyclic) bond motifs is 3. The Hall–Kier alpha value is -1.96. The number of amides is 1. The highest BCUT2D eigenvalue weighted by atomic mass is 32.2. The number of hydrogen-bond donors (Lipinski definition) is 3. The van der Waals surface area contributed by atoms with Crippen molar-refractivity contribution in [3.8, 4) is 0 Å². The smallest absolute Gasteiger partial charge is 0.287 e. The van der Waals surface area contributed by atoms with E-state index in [1.807, 2.05) is 4.90 Å². The number of nitrogens with zero attached hydrogens (tertiary/aromatic N) is 2. The van der Waals surface area contributed by atoms with Crippen molar-refractivity contribution in [3.05, 3.63) is 22.3 Å². The van der Waals surface area contributed by atoms with Gasteiger partial charge in [0.2, 0.25) is 10.0 Å². The third-order valence-corrected chi connectivity index (χ3v) is 11.1. The maximum Gasteiger partial charge on any atom is 0.287 e. The molecule has 5 aliphatic rings. The number of anilines is 1. The molecule has 13 heteroatoms. The zero-order valence-electron chi connectivity index (χ0n) is 21.4. The lowest BCUT2D eigenvalue weighted by molar-refractivity contribution is -0.139. The van der Waals surface area contributed by atoms with Gasteiger partial charge in [0.25, 0.3) is 15.9 Å². The van der Waals surface area contributed by atoms with Crippen LogP contribution in [0.2, 0.25) is 0 Å². The highest BCUT2D eigenvalue weighted by Gasteiger charge is 2.54. The van der Waals surface area contributed by atoms with E-state index >= 15 is 0 Å². The molecule has 10 nitrogen and oxygen atoms in total. The molecule has 3 heterocycles. The average Bonchev–Trinajstić information content (AvgIpc) is 3.21. The van der Waals surface area contributed by atoms with Crippen LogP contribution in [0.3, 0.4) is 0 Å². The Bertz CT molecular complexity index is 1400. The molecule has 2 bridgehead atoms. The lowest BCUT2D eigenvalue weighted by Crippen LogP contribution is -2.60. The number of carbonyl (C=O) groups is 1. The van der Waals surface area contributed by atoms with Crippen LogP contribution >= 0.6 is 11.3 Å². The van der Waals surface area contributed by atoms with E-state index in [4.69, 9.17) is 0 Å². The van der Waals surface area contributed by atoms with E-state index in [9.17, 15) is 26.7 Å². The number of carbonyl (C=O) groups excluding carboxylic acids is 1. The average molecular weight is 571 g/mol. The molecule has 3 aliphatic carbocycles. The fourth-order valence-electron chi connectivity index (χ4n) is 6.22. The van der Waals surface area contributed by atoms with Gasteiger partial charge in [-0.25, -0.2) is 13.1 Å². The van der Waals surface area contributed by atoms with Gasteiger partial charge in [-0.3, -0.25) is 4.79 Å². The minimum absolute atomic E-state index is 0.000944. The van der Waals surface area contributed by atoms with Crippen molar-refractivity contribution in [2.75, 3.05) is 18.1 Å². The maximum absolute atomic E-state index is 13.9. The highest BCUT2D eigenvalue weighted by Crippen LogP contribution is 2.52. The first-order chi connectivity index (χ1) is 17.2. The fourth-order valence-corrected chi connectivity index (χ4v) is 9.25. The molecule has 3 N–H and O–H groups in total. The molecule has 0 saturated heterocycles. The summed E-state index contributed by atoms with van der Waals surface area (Å²) >= 11 is 1.09. The van der Waals surface area contributed by atoms with Crippen LogP contribution in [0.4, 0.5) is 5.00 Å². The number of aliphatic hydroxyl groups is 1. The topological polar surface area (TPSA) is 145 Å². The normalized spacial score (nSPS) is 29.0. The Morgan fingerprint density at radius 3 is 2.49 bits per heavy atom. The summed E-state index contributed by atoms with van der Waals surface area (Å²) in [7, 11) is -7.78. The Labute approximate surface area is 222 Å². The van der Waals surface area contributed by atoms with Gasteiger partial charge >= 0.3 is 0 Å². The molecule has 1 aromatic heterocycles. The second-order valence-corrected chi connectivity index (χ2v) is 16.1. The van der Waals surface area contributed by atoms with Gasteiger partial charge in [-0.15, -0.1) is 15.7 Å². The molecule has 1 aromatic rings. The molecule has 3 saturated carbocycles. The molecule has 6 rings (SSSR count). The molecule has 3 fully saturated rings. The summed E-state index contributed by atoms with van der Waals surface area (Å²) < 4.78 is 55.8. The van der Waals surface area contributed by atoms with E-state index in [-0.39, 0.29) is 62.5 Å². The van der Waals surface area contributed by atoms with Gasteiger partial charge in [-0.1, -0.05) is 20.8 Å². The van der Waals surface area contributed by atoms with Crippen LogP contribution in [0.25, 0.3) is 0 Å². The number of amidine groups is 1. The minimum Gasteiger partial charge on any atom is -0.511 e. The number of rotatable bonds is 6. The van der Waals surface area contributed by atoms with Gasteiger partial charge in [-0.05, 0) is 54.7 Å². The van der Waals surface area contributed by atoms with Crippen LogP contribution in [-0.4, -0.2) is 57.4 Å². The monoisotopic (exact) mass is 570 g/mol. The summed E-state index contributed by atoms with van der Waals surface area (Å²) in [5, 5.41) is 16.3. The lowest BCUT2D eigenvalue weighted by Gasteiger charge is -2.55. The second kappa shape index (κ2) is 9.06. The van der Waals surface area contributed by atoms with E-state index in [1.54, 1.807) is 5.38 Å². The van der Waals surface area contributed by atoms with E-state index in [1.165, 1.54) is 0 Å². The van der Waals surface area contributed by atoms with E-state index < -0.39 is 26.0 Å². The Morgan fingerprint density at radius 2 is 1.86 bits per heavy atom. The number of nitrogens with one attached hydrogen (secondary N) is 2. The third kappa shape index (κ3) is 4.95. The van der Waals surface area contributed by atoms with E-state index in [2.05, 4.69) is 35.2 Å². The van der Waals surface area contributed by atoms with Crippen molar-refractivity contribution < 1.29 is 26.7 Å². The molecule has 0 spiro atoms. The first-order valence-corrected chi connectivity index (χ1v) is 16.8. The van der Waals surface area contributed by atoms with E-state index in [0.29, 0.717) is 12.5 Å². The highest BCUT2D eigenvalue weighted by molar-refractivity contribution is 7.91. The largest absolute Gasteiger partial charge is 0.511 e. The Balaban J connectivity index is 1.54. The van der Waals surface area contributed by atoms with Crippen molar-refractivity contribution in [1.29, 1.82) is 0 Å². The van der Waals surface area contributed by atoms with Crippen molar-refractivity contribution in [2.45, 2.75) is 70.4 Å². The maximum atomic E-state index is 13.9. The van der Waals surface area contributed by atoms with Gasteiger partial charge in [0, 0.05) is 30.6 Å². The number of sulfonamides is 2. The molecule has 0 unspecified atom stereocenters. The first-order valence-electron chi connectivity index (χ1n) is 12.6. The standard InChI is InChI=1S/C24H34N4O6S3/c1-24(2,3)9-10-28-18-14-7-5-13(6-8-14)16(18)19(29)17(23(28)30)21-26-22-20(37(33,34)27-21)15(12-35-22)11-25-36(4,31)32/h12-14,16,18,25,29H,5-11H2,1-4H3,(H,26,27)/t13?,14?,16-,18+/m1/s1. The van der Waals surface area contributed by atoms with Crippen molar-refractivity contribution >= 4 is 48.1 Å². The molecule has 0 aromatic carbocycles. The number of hydrogen-bond acceptors (Lipinski definition) is 8. The van der Waals surface area contributed by atoms with Gasteiger partial charge in [0.1, 0.15) is 21.2 Å². The number of thiophene rings is 1. The first kappa shape index (κ1) is 26.6. The summed E-state index contributed by atoms with van der Waals surface area (Å²) in [6, 6.07) is -0.0853. The second-order valence-electron chi connectivity index (χ2n) is 11.8. The zero-order valence-corrected chi connectivity index (χ0v) is 23.9. The van der Waals surface area contributed by atoms with Gasteiger partial charge in [0.15, 0.2) is 5.84 Å². The summed E-state index contributed by atoms with van der Waals surface area (Å²) in [6.07, 6.45) is 5.80. The molecule has 204 valence electrons. The fraction of sp³-hybridized carbons (Fsp3) is 0.667. The Kier molecular flexibility index (Phi) is 6.52. The molecule has 1 amide bonds. The summed E-state index contributed by atoms with van der Waals surface area (Å²) in [4.78, 5) is 15.7. The van der Waals surface area contributed by atoms with Crippen molar-refractivity contribution in [2.24, 2.45) is 27.6 Å². The predicted octanol–water partition coefficient (Wildman–Crippen LogP) is 3.21. The van der Waals surface area contributed by atoms with Crippen LogP contribution in [0.1, 0.15) is 58.4 Å². The molecule has 2 atom stereocenters.